The summed E-state index contributed by atoms with van der Waals surface area (Å²) >= 11 is 1.55. The van der Waals surface area contributed by atoms with Gasteiger partial charge in [-0.2, -0.15) is 0 Å². The zero-order chi connectivity index (χ0) is 11.1. The van der Waals surface area contributed by atoms with Crippen LogP contribution in [-0.4, -0.2) is 17.2 Å². The van der Waals surface area contributed by atoms with Gasteiger partial charge >= 0.3 is 7.12 Å². The predicted octanol–water partition coefficient (Wildman–Crippen LogP) is 1.33. The quantitative estimate of drug-likeness (QED) is 0.614. The third kappa shape index (κ3) is 1.30. The summed E-state index contributed by atoms with van der Waals surface area (Å²) in [6.07, 6.45) is 0. The molecular formula is C12H7BO2S. The summed E-state index contributed by atoms with van der Waals surface area (Å²) < 4.78 is 2.00. The van der Waals surface area contributed by atoms with Crippen LogP contribution in [0.2, 0.25) is 0 Å². The van der Waals surface area contributed by atoms with Crippen LogP contribution >= 0.6 is 11.3 Å². The molecule has 1 aromatic heterocycles. The summed E-state index contributed by atoms with van der Waals surface area (Å²) in [4.78, 5) is 0. The van der Waals surface area contributed by atoms with Gasteiger partial charge in [-0.3, -0.25) is 0 Å². The van der Waals surface area contributed by atoms with Gasteiger partial charge in [0.15, 0.2) is 0 Å². The number of hydrogen-bond acceptors (Lipinski definition) is 3. The standard InChI is InChI=1S/C12H7BO2S/c14-13(15)10-6-3-5-9-8-4-1-2-7-11(8)16-12(9)10/h1-2,4-5,7,14-15H. The van der Waals surface area contributed by atoms with Gasteiger partial charge < -0.3 is 10.0 Å². The molecule has 76 valence electrons. The molecule has 0 spiro atoms. The van der Waals surface area contributed by atoms with Crippen molar-refractivity contribution in [3.63, 3.8) is 0 Å². The Morgan fingerprint density at radius 1 is 1.12 bits per heavy atom. The molecule has 2 aromatic carbocycles. The molecule has 2 nitrogen and oxygen atoms in total. The topological polar surface area (TPSA) is 40.5 Å². The number of fused-ring (bicyclic) bond motifs is 3. The predicted molar refractivity (Wildman–Crippen MR) is 66.8 cm³/mol. The molecule has 0 saturated heterocycles. The molecule has 4 heteroatoms. The Balaban J connectivity index is 2.49. The molecule has 3 aromatic rings. The van der Waals surface area contributed by atoms with Crippen LogP contribution in [0.1, 0.15) is 0 Å². The lowest BCUT2D eigenvalue weighted by molar-refractivity contribution is 0.426. The van der Waals surface area contributed by atoms with E-state index in [0.717, 1.165) is 20.2 Å². The highest BCUT2D eigenvalue weighted by atomic mass is 32.1. The lowest BCUT2D eigenvalue weighted by Crippen LogP contribution is -2.29. The fourth-order valence-electron chi connectivity index (χ4n) is 1.83. The van der Waals surface area contributed by atoms with Crippen LogP contribution in [0.15, 0.2) is 30.3 Å². The van der Waals surface area contributed by atoms with E-state index in [9.17, 15) is 10.0 Å². The van der Waals surface area contributed by atoms with Crippen LogP contribution in [0.25, 0.3) is 20.2 Å². The average molecular weight is 226 g/mol. The second-order valence-corrected chi connectivity index (χ2v) is 4.59. The minimum absolute atomic E-state index is 0.402. The SMILES string of the molecule is OB(O)c1c#ccc2c1sc1ccccc12. The van der Waals surface area contributed by atoms with Crippen LogP contribution in [-0.2, 0) is 0 Å². The molecule has 0 fully saturated rings. The highest BCUT2D eigenvalue weighted by Gasteiger charge is 2.17. The molecule has 0 aliphatic carbocycles. The summed E-state index contributed by atoms with van der Waals surface area (Å²) in [6.45, 7) is 0. The molecule has 0 aliphatic rings. The smallest absolute Gasteiger partial charge is 0.423 e. The second-order valence-electron chi connectivity index (χ2n) is 3.54. The van der Waals surface area contributed by atoms with Crippen molar-refractivity contribution in [2.75, 3.05) is 0 Å². The van der Waals surface area contributed by atoms with Crippen molar-refractivity contribution in [1.29, 1.82) is 0 Å². The van der Waals surface area contributed by atoms with E-state index < -0.39 is 7.12 Å². The molecule has 3 rings (SSSR count). The van der Waals surface area contributed by atoms with Gasteiger partial charge in [0, 0.05) is 20.2 Å². The molecule has 16 heavy (non-hydrogen) atoms. The van der Waals surface area contributed by atoms with E-state index in [2.05, 4.69) is 12.1 Å². The van der Waals surface area contributed by atoms with E-state index >= 15 is 0 Å². The van der Waals surface area contributed by atoms with E-state index in [1.54, 1.807) is 11.3 Å². The molecule has 2 N–H and O–H groups in total. The number of benzene rings is 1. The summed E-state index contributed by atoms with van der Waals surface area (Å²) in [5.74, 6) is 0. The summed E-state index contributed by atoms with van der Waals surface area (Å²) in [7, 11) is -1.49. The third-order valence-electron chi connectivity index (χ3n) is 2.56. The number of rotatable bonds is 1. The monoisotopic (exact) mass is 226 g/mol. The van der Waals surface area contributed by atoms with Crippen LogP contribution in [0.5, 0.6) is 0 Å². The Morgan fingerprint density at radius 2 is 1.94 bits per heavy atom. The van der Waals surface area contributed by atoms with Gasteiger partial charge in [0.05, 0.1) is 5.46 Å². The molecule has 0 saturated carbocycles. The van der Waals surface area contributed by atoms with Gasteiger partial charge in [0.1, 0.15) is 0 Å². The zero-order valence-electron chi connectivity index (χ0n) is 8.27. The van der Waals surface area contributed by atoms with Crippen molar-refractivity contribution in [2.45, 2.75) is 0 Å². The fraction of sp³-hybridized carbons (Fsp3) is 0. The van der Waals surface area contributed by atoms with Crippen molar-refractivity contribution in [3.8, 4) is 0 Å². The third-order valence-corrected chi connectivity index (χ3v) is 3.78. The van der Waals surface area contributed by atoms with Crippen LogP contribution in [0, 0.1) is 12.1 Å². The Morgan fingerprint density at radius 3 is 2.75 bits per heavy atom. The van der Waals surface area contributed by atoms with Gasteiger partial charge in [0.2, 0.25) is 0 Å². The normalized spacial score (nSPS) is 10.6. The summed E-state index contributed by atoms with van der Waals surface area (Å²) in [6, 6.07) is 15.4. The molecule has 0 bridgehead atoms. The van der Waals surface area contributed by atoms with Gasteiger partial charge in [-0.05, 0) is 12.1 Å². The Bertz CT molecular complexity index is 660. The fourth-order valence-corrected chi connectivity index (χ4v) is 3.03. The Labute approximate surface area is 96.9 Å². The highest BCUT2D eigenvalue weighted by Crippen LogP contribution is 2.31. The van der Waals surface area contributed by atoms with Crippen molar-refractivity contribution in [3.05, 3.63) is 42.5 Å². The van der Waals surface area contributed by atoms with Crippen LogP contribution < -0.4 is 5.46 Å². The maximum Gasteiger partial charge on any atom is 0.498 e. The maximum atomic E-state index is 9.26. The molecular weight excluding hydrogens is 219 g/mol. The van der Waals surface area contributed by atoms with E-state index in [1.165, 1.54) is 0 Å². The maximum absolute atomic E-state index is 9.26. The molecule has 0 unspecified atom stereocenters. The van der Waals surface area contributed by atoms with Crippen molar-refractivity contribution in [2.24, 2.45) is 0 Å². The van der Waals surface area contributed by atoms with Crippen molar-refractivity contribution < 1.29 is 10.0 Å². The molecule has 0 aliphatic heterocycles. The van der Waals surface area contributed by atoms with Gasteiger partial charge in [-0.25, -0.2) is 0 Å². The number of hydrogen-bond donors (Lipinski definition) is 2. The van der Waals surface area contributed by atoms with Crippen LogP contribution in [0.4, 0.5) is 0 Å². The molecule has 0 radical (unpaired) electrons. The summed E-state index contributed by atoms with van der Waals surface area (Å²) in [5, 5.41) is 20.6. The lowest BCUT2D eigenvalue weighted by atomic mass is 9.81. The van der Waals surface area contributed by atoms with Crippen LogP contribution in [0.3, 0.4) is 0 Å². The Kier molecular flexibility index (Phi) is 2.11. The second kappa shape index (κ2) is 3.50. The van der Waals surface area contributed by atoms with Gasteiger partial charge in [0.25, 0.3) is 0 Å². The van der Waals surface area contributed by atoms with Gasteiger partial charge in [-0.1, -0.05) is 30.3 Å². The summed E-state index contributed by atoms with van der Waals surface area (Å²) in [5.41, 5.74) is 0.402. The largest absolute Gasteiger partial charge is 0.498 e. The van der Waals surface area contributed by atoms with Crippen molar-refractivity contribution >= 4 is 44.1 Å². The Hall–Kier alpha value is -1.54. The van der Waals surface area contributed by atoms with E-state index in [4.69, 9.17) is 0 Å². The van der Waals surface area contributed by atoms with E-state index in [0.29, 0.717) is 5.46 Å². The molecule has 1 heterocycles. The van der Waals surface area contributed by atoms with Gasteiger partial charge in [-0.15, -0.1) is 11.3 Å². The first kappa shape index (κ1) is 9.67. The minimum atomic E-state index is -1.49. The zero-order valence-corrected chi connectivity index (χ0v) is 9.08. The first-order valence-electron chi connectivity index (χ1n) is 4.87. The number of thiophene rings is 1. The highest BCUT2D eigenvalue weighted by molar-refractivity contribution is 7.27. The first-order chi connectivity index (χ1) is 7.77. The first-order valence-corrected chi connectivity index (χ1v) is 5.68. The molecule has 0 atom stereocenters. The van der Waals surface area contributed by atoms with Crippen molar-refractivity contribution in [1.82, 2.24) is 0 Å². The minimum Gasteiger partial charge on any atom is -0.423 e. The lowest BCUT2D eigenvalue weighted by Gasteiger charge is -1.95. The van der Waals surface area contributed by atoms with E-state index in [-0.39, 0.29) is 0 Å². The molecule has 0 amide bonds. The average Bonchev–Trinajstić information content (AvgIpc) is 2.67. The van der Waals surface area contributed by atoms with E-state index in [1.807, 2.05) is 30.3 Å².